The van der Waals surface area contributed by atoms with Crippen LogP contribution in [0, 0.1) is 5.92 Å². The number of allylic oxidation sites excluding steroid dienone is 4. The van der Waals surface area contributed by atoms with Crippen LogP contribution in [-0.2, 0) is 0 Å². The van der Waals surface area contributed by atoms with Crippen molar-refractivity contribution in [1.29, 1.82) is 0 Å². The molecule has 0 saturated heterocycles. The van der Waals surface area contributed by atoms with Gasteiger partial charge >= 0.3 is 0 Å². The van der Waals surface area contributed by atoms with E-state index in [9.17, 15) is 0 Å². The van der Waals surface area contributed by atoms with Crippen molar-refractivity contribution >= 4 is 21.5 Å². The first-order chi connectivity index (χ1) is 18.7. The van der Waals surface area contributed by atoms with Crippen LogP contribution in [0.3, 0.4) is 0 Å². The maximum Gasteiger partial charge on any atom is 0.161 e. The lowest BCUT2D eigenvalue weighted by Crippen LogP contribution is -2.15. The number of aromatic nitrogens is 4. The standard InChI is InChI=1S/C33H25BrN4/c1-22-29(24-7-3-2-4-8-24)17-28(34)18-30(22)32-19-31(37-33(38-32)27-10-6-16-36-21-27)25-13-11-23(12-14-25)26-9-5-15-35-20-26/h2-22,30H,1H3. The average Bonchev–Trinajstić information content (AvgIpc) is 2.99. The number of hydrogen-bond donors (Lipinski definition) is 0. The summed E-state index contributed by atoms with van der Waals surface area (Å²) in [5.41, 5.74) is 8.52. The quantitative estimate of drug-likeness (QED) is 0.218. The molecule has 5 aromatic rings. The minimum atomic E-state index is 0.0800. The Balaban J connectivity index is 1.43. The van der Waals surface area contributed by atoms with Gasteiger partial charge in [0.25, 0.3) is 0 Å². The van der Waals surface area contributed by atoms with Gasteiger partial charge in [-0.1, -0.05) is 89.6 Å². The number of hydrogen-bond acceptors (Lipinski definition) is 4. The molecule has 0 amide bonds. The van der Waals surface area contributed by atoms with Crippen LogP contribution in [-0.4, -0.2) is 19.9 Å². The molecule has 184 valence electrons. The molecule has 0 fully saturated rings. The van der Waals surface area contributed by atoms with Crippen molar-refractivity contribution in [3.8, 4) is 33.8 Å². The number of nitrogens with zero attached hydrogens (tertiary/aromatic N) is 4. The Bertz CT molecular complexity index is 1610. The van der Waals surface area contributed by atoms with Crippen molar-refractivity contribution in [2.45, 2.75) is 12.8 Å². The molecule has 0 N–H and O–H groups in total. The van der Waals surface area contributed by atoms with E-state index in [0.717, 1.165) is 38.1 Å². The van der Waals surface area contributed by atoms with E-state index in [0.29, 0.717) is 5.82 Å². The van der Waals surface area contributed by atoms with Crippen molar-refractivity contribution in [1.82, 2.24) is 19.9 Å². The van der Waals surface area contributed by atoms with Gasteiger partial charge in [-0.2, -0.15) is 0 Å². The van der Waals surface area contributed by atoms with Gasteiger partial charge in [-0.25, -0.2) is 9.97 Å². The maximum atomic E-state index is 5.08. The summed E-state index contributed by atoms with van der Waals surface area (Å²) in [6.45, 7) is 2.27. The van der Waals surface area contributed by atoms with Crippen LogP contribution in [0.1, 0.15) is 24.1 Å². The molecule has 0 saturated carbocycles. The molecular weight excluding hydrogens is 532 g/mol. The van der Waals surface area contributed by atoms with Gasteiger partial charge in [-0.3, -0.25) is 9.97 Å². The Hall–Kier alpha value is -4.22. The molecule has 1 aliphatic carbocycles. The lowest BCUT2D eigenvalue weighted by Gasteiger charge is -2.28. The Morgan fingerprint density at radius 3 is 2.00 bits per heavy atom. The topological polar surface area (TPSA) is 51.6 Å². The molecule has 5 heteroatoms. The maximum absolute atomic E-state index is 5.08. The second-order valence-corrected chi connectivity index (χ2v) is 10.3. The normalized spacial score (nSPS) is 17.0. The third-order valence-electron chi connectivity index (χ3n) is 6.95. The monoisotopic (exact) mass is 556 g/mol. The SMILES string of the molecule is CC1C(c2ccccc2)=CC(Br)=CC1c1cc(-c2ccc(-c3cccnc3)cc2)nc(-c2cccnc2)n1. The van der Waals surface area contributed by atoms with Gasteiger partial charge in [0.15, 0.2) is 5.82 Å². The van der Waals surface area contributed by atoms with Gasteiger partial charge in [0.1, 0.15) is 0 Å². The van der Waals surface area contributed by atoms with Gasteiger partial charge in [0.05, 0.1) is 11.4 Å². The van der Waals surface area contributed by atoms with Crippen molar-refractivity contribution in [2.75, 3.05) is 0 Å². The van der Waals surface area contributed by atoms with Gasteiger partial charge in [0, 0.05) is 46.3 Å². The van der Waals surface area contributed by atoms with E-state index in [1.807, 2.05) is 30.6 Å². The fourth-order valence-corrected chi connectivity index (χ4v) is 5.46. The van der Waals surface area contributed by atoms with Crippen LogP contribution in [0.15, 0.2) is 126 Å². The van der Waals surface area contributed by atoms with E-state index >= 15 is 0 Å². The van der Waals surface area contributed by atoms with Crippen LogP contribution in [0.2, 0.25) is 0 Å². The predicted molar refractivity (Wildman–Crippen MR) is 157 cm³/mol. The zero-order valence-corrected chi connectivity index (χ0v) is 22.5. The van der Waals surface area contributed by atoms with Crippen molar-refractivity contribution in [3.05, 3.63) is 138 Å². The summed E-state index contributed by atoms with van der Waals surface area (Å²) in [6, 6.07) is 29.1. The Kier molecular flexibility index (Phi) is 6.76. The predicted octanol–water partition coefficient (Wildman–Crippen LogP) is 8.36. The molecule has 2 atom stereocenters. The van der Waals surface area contributed by atoms with Gasteiger partial charge in [-0.05, 0) is 58.5 Å². The molecular formula is C33H25BrN4. The third-order valence-corrected chi connectivity index (χ3v) is 7.44. The first-order valence-corrected chi connectivity index (χ1v) is 13.4. The first-order valence-electron chi connectivity index (χ1n) is 12.6. The summed E-state index contributed by atoms with van der Waals surface area (Å²) in [4.78, 5) is 18.6. The van der Waals surface area contributed by atoms with E-state index < -0.39 is 0 Å². The fraction of sp³-hybridized carbons (Fsp3) is 0.0909. The minimum Gasteiger partial charge on any atom is -0.264 e. The second-order valence-electron chi connectivity index (χ2n) is 9.39. The van der Waals surface area contributed by atoms with Crippen LogP contribution in [0.25, 0.3) is 39.3 Å². The highest BCUT2D eigenvalue weighted by atomic mass is 79.9. The number of rotatable bonds is 5. The van der Waals surface area contributed by atoms with E-state index in [-0.39, 0.29) is 11.8 Å². The van der Waals surface area contributed by atoms with E-state index in [2.05, 4.69) is 112 Å². The molecule has 3 aromatic heterocycles. The fourth-order valence-electron chi connectivity index (χ4n) is 4.93. The minimum absolute atomic E-state index is 0.0800. The first kappa shape index (κ1) is 24.1. The molecule has 2 unspecified atom stereocenters. The second kappa shape index (κ2) is 10.6. The molecule has 0 bridgehead atoms. The molecule has 0 spiro atoms. The summed E-state index contributed by atoms with van der Waals surface area (Å²) in [5, 5.41) is 0. The number of benzene rings is 2. The lowest BCUT2D eigenvalue weighted by molar-refractivity contribution is 0.635. The average molecular weight is 557 g/mol. The van der Waals surface area contributed by atoms with E-state index in [1.54, 1.807) is 12.4 Å². The van der Waals surface area contributed by atoms with Crippen molar-refractivity contribution in [3.63, 3.8) is 0 Å². The Labute approximate surface area is 231 Å². The van der Waals surface area contributed by atoms with E-state index in [4.69, 9.17) is 9.97 Å². The molecule has 0 radical (unpaired) electrons. The van der Waals surface area contributed by atoms with Crippen LogP contribution in [0.5, 0.6) is 0 Å². The zero-order chi connectivity index (χ0) is 25.9. The molecule has 2 aromatic carbocycles. The van der Waals surface area contributed by atoms with Gasteiger partial charge in [-0.15, -0.1) is 0 Å². The Morgan fingerprint density at radius 2 is 1.32 bits per heavy atom. The summed E-state index contributed by atoms with van der Waals surface area (Å²) < 4.78 is 1.06. The van der Waals surface area contributed by atoms with Crippen LogP contribution < -0.4 is 0 Å². The molecule has 1 aliphatic rings. The highest BCUT2D eigenvalue weighted by Gasteiger charge is 2.28. The van der Waals surface area contributed by atoms with Gasteiger partial charge < -0.3 is 0 Å². The summed E-state index contributed by atoms with van der Waals surface area (Å²) >= 11 is 3.77. The zero-order valence-electron chi connectivity index (χ0n) is 20.9. The smallest absolute Gasteiger partial charge is 0.161 e. The molecule has 0 aliphatic heterocycles. The third kappa shape index (κ3) is 4.98. The molecule has 3 heterocycles. The molecule has 38 heavy (non-hydrogen) atoms. The molecule has 6 rings (SSSR count). The lowest BCUT2D eigenvalue weighted by atomic mass is 9.78. The van der Waals surface area contributed by atoms with E-state index in [1.165, 1.54) is 11.1 Å². The van der Waals surface area contributed by atoms with Gasteiger partial charge in [0.2, 0.25) is 0 Å². The molecule has 4 nitrogen and oxygen atoms in total. The van der Waals surface area contributed by atoms with Crippen molar-refractivity contribution in [2.24, 2.45) is 5.92 Å². The van der Waals surface area contributed by atoms with Crippen molar-refractivity contribution < 1.29 is 0 Å². The highest BCUT2D eigenvalue weighted by molar-refractivity contribution is 9.11. The summed E-state index contributed by atoms with van der Waals surface area (Å²) in [7, 11) is 0. The Morgan fingerprint density at radius 1 is 0.658 bits per heavy atom. The summed E-state index contributed by atoms with van der Waals surface area (Å²) in [5.74, 6) is 0.988. The van der Waals surface area contributed by atoms with Crippen LogP contribution in [0.4, 0.5) is 0 Å². The number of pyridine rings is 2. The number of halogens is 1. The highest BCUT2D eigenvalue weighted by Crippen LogP contribution is 2.42. The van der Waals surface area contributed by atoms with Crippen LogP contribution >= 0.6 is 15.9 Å². The largest absolute Gasteiger partial charge is 0.264 e. The summed E-state index contributed by atoms with van der Waals surface area (Å²) in [6.07, 6.45) is 11.7.